The number of benzene rings is 1. The number of nitro groups is 1. The normalized spacial score (nSPS) is 10.6. The Labute approximate surface area is 118 Å². The average molecular weight is 325 g/mol. The predicted octanol–water partition coefficient (Wildman–Crippen LogP) is 2.38. The van der Waals surface area contributed by atoms with Crippen LogP contribution < -0.4 is 5.32 Å². The molecule has 0 saturated heterocycles. The molecular formula is C12H13BrN4O2. The van der Waals surface area contributed by atoms with Crippen LogP contribution in [0.5, 0.6) is 0 Å². The maximum Gasteiger partial charge on any atom is 0.283 e. The van der Waals surface area contributed by atoms with Gasteiger partial charge in [0.25, 0.3) is 5.69 Å². The van der Waals surface area contributed by atoms with Crippen LogP contribution in [-0.2, 0) is 20.1 Å². The van der Waals surface area contributed by atoms with Gasteiger partial charge < -0.3 is 5.32 Å². The zero-order valence-electron chi connectivity index (χ0n) is 10.3. The van der Waals surface area contributed by atoms with Crippen LogP contribution in [0.4, 0.5) is 5.69 Å². The topological polar surface area (TPSA) is 73.0 Å². The van der Waals surface area contributed by atoms with Crippen molar-refractivity contribution in [2.24, 2.45) is 7.05 Å². The summed E-state index contributed by atoms with van der Waals surface area (Å²) in [4.78, 5) is 10.4. The largest absolute Gasteiger partial charge is 0.308 e. The van der Waals surface area contributed by atoms with Gasteiger partial charge in [-0.15, -0.1) is 0 Å². The Balaban J connectivity index is 2.00. The van der Waals surface area contributed by atoms with Crippen molar-refractivity contribution in [1.82, 2.24) is 15.1 Å². The van der Waals surface area contributed by atoms with E-state index < -0.39 is 4.92 Å². The molecule has 0 radical (unpaired) electrons. The SMILES string of the molecule is Cn1cc(CNCc2cccc([N+](=O)[O-])c2Br)cn1. The van der Waals surface area contributed by atoms with E-state index >= 15 is 0 Å². The second-order valence-electron chi connectivity index (χ2n) is 4.13. The third-order valence-electron chi connectivity index (χ3n) is 2.66. The van der Waals surface area contributed by atoms with E-state index in [2.05, 4.69) is 26.3 Å². The summed E-state index contributed by atoms with van der Waals surface area (Å²) in [7, 11) is 1.86. The fourth-order valence-electron chi connectivity index (χ4n) is 1.75. The molecule has 1 heterocycles. The van der Waals surface area contributed by atoms with Crippen LogP contribution in [0.1, 0.15) is 11.1 Å². The number of aromatic nitrogens is 2. The maximum absolute atomic E-state index is 10.8. The summed E-state index contributed by atoms with van der Waals surface area (Å²) >= 11 is 3.27. The third-order valence-corrected chi connectivity index (χ3v) is 3.57. The summed E-state index contributed by atoms with van der Waals surface area (Å²) in [6.45, 7) is 1.22. The van der Waals surface area contributed by atoms with E-state index in [1.54, 1.807) is 16.9 Å². The van der Waals surface area contributed by atoms with Crippen molar-refractivity contribution in [3.05, 3.63) is 56.3 Å². The minimum absolute atomic E-state index is 0.0840. The highest BCUT2D eigenvalue weighted by Crippen LogP contribution is 2.28. The minimum Gasteiger partial charge on any atom is -0.308 e. The second kappa shape index (κ2) is 5.94. The van der Waals surface area contributed by atoms with E-state index in [0.29, 0.717) is 17.6 Å². The Morgan fingerprint density at radius 2 is 2.26 bits per heavy atom. The summed E-state index contributed by atoms with van der Waals surface area (Å²) in [5.74, 6) is 0. The molecule has 2 aromatic rings. The Morgan fingerprint density at radius 1 is 1.47 bits per heavy atom. The molecule has 0 aliphatic carbocycles. The molecule has 0 atom stereocenters. The van der Waals surface area contributed by atoms with E-state index in [1.165, 1.54) is 6.07 Å². The van der Waals surface area contributed by atoms with Crippen LogP contribution in [0, 0.1) is 10.1 Å². The highest BCUT2D eigenvalue weighted by atomic mass is 79.9. The van der Waals surface area contributed by atoms with Gasteiger partial charge in [0.2, 0.25) is 0 Å². The maximum atomic E-state index is 10.8. The molecule has 0 amide bonds. The molecule has 0 saturated carbocycles. The van der Waals surface area contributed by atoms with Crippen molar-refractivity contribution in [2.75, 3.05) is 0 Å². The van der Waals surface area contributed by atoms with Gasteiger partial charge in [0.15, 0.2) is 0 Å². The van der Waals surface area contributed by atoms with Crippen molar-refractivity contribution < 1.29 is 4.92 Å². The van der Waals surface area contributed by atoms with Gasteiger partial charge in [-0.25, -0.2) is 0 Å². The van der Waals surface area contributed by atoms with Crippen LogP contribution in [0.25, 0.3) is 0 Å². The smallest absolute Gasteiger partial charge is 0.283 e. The van der Waals surface area contributed by atoms with Crippen LogP contribution in [-0.4, -0.2) is 14.7 Å². The van der Waals surface area contributed by atoms with Gasteiger partial charge in [0.1, 0.15) is 0 Å². The number of rotatable bonds is 5. The van der Waals surface area contributed by atoms with Crippen molar-refractivity contribution in [3.63, 3.8) is 0 Å². The van der Waals surface area contributed by atoms with Crippen LogP contribution >= 0.6 is 15.9 Å². The molecule has 1 aromatic heterocycles. The average Bonchev–Trinajstić information content (AvgIpc) is 2.77. The second-order valence-corrected chi connectivity index (χ2v) is 4.93. The molecule has 0 aliphatic rings. The molecule has 0 unspecified atom stereocenters. The van der Waals surface area contributed by atoms with E-state index in [0.717, 1.165) is 11.1 Å². The Kier molecular flexibility index (Phi) is 4.28. The Hall–Kier alpha value is -1.73. The molecule has 19 heavy (non-hydrogen) atoms. The van der Waals surface area contributed by atoms with Crippen LogP contribution in [0.2, 0.25) is 0 Å². The van der Waals surface area contributed by atoms with Gasteiger partial charge in [-0.1, -0.05) is 12.1 Å². The number of nitro benzene ring substituents is 1. The lowest BCUT2D eigenvalue weighted by Gasteiger charge is -2.06. The molecule has 1 aromatic carbocycles. The minimum atomic E-state index is -0.394. The third kappa shape index (κ3) is 3.39. The van der Waals surface area contributed by atoms with E-state index in [9.17, 15) is 10.1 Å². The lowest BCUT2D eigenvalue weighted by atomic mass is 10.2. The number of hydrogen-bond acceptors (Lipinski definition) is 4. The molecule has 0 fully saturated rings. The first-order valence-corrected chi connectivity index (χ1v) is 6.47. The summed E-state index contributed by atoms with van der Waals surface area (Å²) in [6, 6.07) is 5.02. The summed E-state index contributed by atoms with van der Waals surface area (Å²) in [6.07, 6.45) is 3.71. The molecule has 0 aliphatic heterocycles. The Bertz CT molecular complexity index is 597. The molecule has 7 heteroatoms. The fourth-order valence-corrected chi connectivity index (χ4v) is 2.30. The van der Waals surface area contributed by atoms with E-state index in [4.69, 9.17) is 0 Å². The predicted molar refractivity (Wildman–Crippen MR) is 74.5 cm³/mol. The van der Waals surface area contributed by atoms with Crippen LogP contribution in [0.3, 0.4) is 0 Å². The number of aryl methyl sites for hydroxylation is 1. The van der Waals surface area contributed by atoms with Crippen molar-refractivity contribution in [2.45, 2.75) is 13.1 Å². The quantitative estimate of drug-likeness (QED) is 0.677. The molecular weight excluding hydrogens is 312 g/mol. The molecule has 0 spiro atoms. The lowest BCUT2D eigenvalue weighted by Crippen LogP contribution is -2.13. The molecule has 6 nitrogen and oxygen atoms in total. The first-order chi connectivity index (χ1) is 9.08. The standard InChI is InChI=1S/C12H13BrN4O2/c1-16-8-9(6-15-16)5-14-7-10-3-2-4-11(12(10)13)17(18)19/h2-4,6,8,14H,5,7H2,1H3. The summed E-state index contributed by atoms with van der Waals surface area (Å²) < 4.78 is 2.26. The van der Waals surface area contributed by atoms with Gasteiger partial charge in [0, 0.05) is 38.0 Å². The number of nitrogens with one attached hydrogen (secondary N) is 1. The Morgan fingerprint density at radius 3 is 2.89 bits per heavy atom. The van der Waals surface area contributed by atoms with Gasteiger partial charge in [0.05, 0.1) is 15.6 Å². The molecule has 100 valence electrons. The molecule has 1 N–H and O–H groups in total. The van der Waals surface area contributed by atoms with Gasteiger partial charge >= 0.3 is 0 Å². The lowest BCUT2D eigenvalue weighted by molar-refractivity contribution is -0.385. The molecule has 0 bridgehead atoms. The summed E-state index contributed by atoms with van der Waals surface area (Å²) in [5, 5.41) is 18.1. The fraction of sp³-hybridized carbons (Fsp3) is 0.250. The first kappa shape index (κ1) is 13.7. The zero-order valence-corrected chi connectivity index (χ0v) is 11.9. The first-order valence-electron chi connectivity index (χ1n) is 5.68. The van der Waals surface area contributed by atoms with E-state index in [1.807, 2.05) is 19.3 Å². The monoisotopic (exact) mass is 324 g/mol. The van der Waals surface area contributed by atoms with Crippen LogP contribution in [0.15, 0.2) is 35.1 Å². The molecule has 2 rings (SSSR count). The van der Waals surface area contributed by atoms with E-state index in [-0.39, 0.29) is 5.69 Å². The highest BCUT2D eigenvalue weighted by molar-refractivity contribution is 9.10. The number of halogens is 1. The zero-order chi connectivity index (χ0) is 13.8. The van der Waals surface area contributed by atoms with Gasteiger partial charge in [-0.3, -0.25) is 14.8 Å². The van der Waals surface area contributed by atoms with Gasteiger partial charge in [-0.2, -0.15) is 5.10 Å². The van der Waals surface area contributed by atoms with Gasteiger partial charge in [-0.05, 0) is 21.5 Å². The van der Waals surface area contributed by atoms with Crippen molar-refractivity contribution in [1.29, 1.82) is 0 Å². The number of nitrogens with zero attached hydrogens (tertiary/aromatic N) is 3. The summed E-state index contributed by atoms with van der Waals surface area (Å²) in [5.41, 5.74) is 2.02. The van der Waals surface area contributed by atoms with Crippen molar-refractivity contribution >= 4 is 21.6 Å². The van der Waals surface area contributed by atoms with Crippen molar-refractivity contribution in [3.8, 4) is 0 Å². The number of hydrogen-bond donors (Lipinski definition) is 1. The highest BCUT2D eigenvalue weighted by Gasteiger charge is 2.14.